The predicted molar refractivity (Wildman–Crippen MR) is 138 cm³/mol. The van der Waals surface area contributed by atoms with Gasteiger partial charge in [0.05, 0.1) is 15.0 Å². The van der Waals surface area contributed by atoms with Crippen LogP contribution in [-0.4, -0.2) is 27.7 Å². The second kappa shape index (κ2) is 10.7. The molecule has 0 radical (unpaired) electrons. The maximum atomic E-state index is 12.2. The maximum absolute atomic E-state index is 12.2. The number of halogens is 2. The second-order valence-electron chi connectivity index (χ2n) is 6.82. The first-order valence-electron chi connectivity index (χ1n) is 9.52. The van der Waals surface area contributed by atoms with Crippen molar-refractivity contribution in [1.29, 1.82) is 0 Å². The number of thiocarbonyl (C=S) groups is 1. The molecule has 1 aliphatic heterocycles. The lowest BCUT2D eigenvalue weighted by molar-refractivity contribution is -0.118. The Hall–Kier alpha value is -2.43. The molecule has 168 valence electrons. The molecule has 2 heterocycles. The number of nitrogens with zero attached hydrogens (tertiary/aromatic N) is 1. The van der Waals surface area contributed by atoms with E-state index in [1.807, 2.05) is 12.1 Å². The summed E-state index contributed by atoms with van der Waals surface area (Å²) >= 11 is 19.6. The zero-order valence-corrected chi connectivity index (χ0v) is 20.7. The number of rotatable bonds is 7. The van der Waals surface area contributed by atoms with Crippen LogP contribution in [0.3, 0.4) is 0 Å². The van der Waals surface area contributed by atoms with E-state index in [1.165, 1.54) is 23.1 Å². The van der Waals surface area contributed by atoms with Gasteiger partial charge in [0.25, 0.3) is 11.8 Å². The molecular formula is C22H15Cl2N3O3S3. The van der Waals surface area contributed by atoms with Crippen LogP contribution in [0.4, 0.5) is 5.13 Å². The highest BCUT2D eigenvalue weighted by atomic mass is 35.5. The molecule has 2 N–H and O–H groups in total. The number of hydrogen-bond acceptors (Lipinski definition) is 7. The van der Waals surface area contributed by atoms with Crippen molar-refractivity contribution in [3.63, 3.8) is 0 Å². The highest BCUT2D eigenvalue weighted by Crippen LogP contribution is 2.27. The van der Waals surface area contributed by atoms with E-state index in [2.05, 4.69) is 15.6 Å². The Morgan fingerprint density at radius 3 is 2.67 bits per heavy atom. The molecule has 0 atom stereocenters. The van der Waals surface area contributed by atoms with E-state index in [4.69, 9.17) is 40.2 Å². The molecule has 0 bridgehead atoms. The molecular weight excluding hydrogens is 521 g/mol. The summed E-state index contributed by atoms with van der Waals surface area (Å²) in [5.74, 6) is 0.0132. The number of carbonyl (C=O) groups is 2. The zero-order valence-electron chi connectivity index (χ0n) is 16.8. The van der Waals surface area contributed by atoms with Gasteiger partial charge in [-0.2, -0.15) is 0 Å². The third-order valence-corrected chi connectivity index (χ3v) is 7.17. The minimum absolute atomic E-state index is 0.158. The van der Waals surface area contributed by atoms with Crippen molar-refractivity contribution < 1.29 is 14.3 Å². The first-order chi connectivity index (χ1) is 15.9. The van der Waals surface area contributed by atoms with Crippen molar-refractivity contribution >= 4 is 85.9 Å². The second-order valence-corrected chi connectivity index (χ2v) is 10.5. The molecule has 2 amide bonds. The van der Waals surface area contributed by atoms with Crippen LogP contribution in [0.2, 0.25) is 10.0 Å². The van der Waals surface area contributed by atoms with Gasteiger partial charge >= 0.3 is 0 Å². The predicted octanol–water partition coefficient (Wildman–Crippen LogP) is 5.55. The normalized spacial score (nSPS) is 14.4. The van der Waals surface area contributed by atoms with Gasteiger partial charge in [0.1, 0.15) is 10.1 Å². The molecule has 0 saturated carbocycles. The Bertz CT molecular complexity index is 1260. The van der Waals surface area contributed by atoms with Crippen molar-refractivity contribution in [3.05, 3.63) is 79.6 Å². The Labute approximate surface area is 213 Å². The molecule has 1 saturated heterocycles. The summed E-state index contributed by atoms with van der Waals surface area (Å²) in [5.41, 5.74) is 1.83. The fraction of sp³-hybridized carbons (Fsp3) is 0.0909. The van der Waals surface area contributed by atoms with Crippen molar-refractivity contribution in [2.75, 3.05) is 11.9 Å². The van der Waals surface area contributed by atoms with Gasteiger partial charge in [-0.1, -0.05) is 65.4 Å². The number of thiazole rings is 1. The van der Waals surface area contributed by atoms with E-state index in [0.29, 0.717) is 36.6 Å². The average Bonchev–Trinajstić information content (AvgIpc) is 3.35. The van der Waals surface area contributed by atoms with Gasteiger partial charge in [-0.15, -0.1) is 11.3 Å². The maximum Gasteiger partial charge on any atom is 0.264 e. The van der Waals surface area contributed by atoms with Crippen molar-refractivity contribution in [3.8, 4) is 5.75 Å². The summed E-state index contributed by atoms with van der Waals surface area (Å²) in [6.45, 7) is -0.158. The Balaban J connectivity index is 1.27. The molecule has 6 nitrogen and oxygen atoms in total. The highest BCUT2D eigenvalue weighted by Gasteiger charge is 2.21. The first kappa shape index (κ1) is 23.7. The third kappa shape index (κ3) is 6.55. The van der Waals surface area contributed by atoms with Gasteiger partial charge in [-0.3, -0.25) is 14.9 Å². The Morgan fingerprint density at radius 1 is 1.18 bits per heavy atom. The van der Waals surface area contributed by atoms with Crippen LogP contribution < -0.4 is 15.4 Å². The van der Waals surface area contributed by atoms with E-state index in [0.717, 1.165) is 16.0 Å². The van der Waals surface area contributed by atoms with Gasteiger partial charge < -0.3 is 10.1 Å². The molecule has 3 aromatic rings. The number of nitrogens with one attached hydrogen (secondary N) is 2. The molecule has 1 fully saturated rings. The van der Waals surface area contributed by atoms with Crippen LogP contribution >= 0.6 is 58.5 Å². The fourth-order valence-corrected chi connectivity index (χ4v) is 5.06. The van der Waals surface area contributed by atoms with Gasteiger partial charge in [0, 0.05) is 17.5 Å². The minimum Gasteiger partial charge on any atom is -0.484 e. The molecule has 0 aliphatic carbocycles. The SMILES string of the molecule is O=C(COc1ccc(/C=C2\SC(=S)NC2=O)cc1)Nc1ncc(Cc2ccc(Cl)c(Cl)c2)s1. The standard InChI is InChI=1S/C22H15Cl2N3O3S3/c23-16-6-3-13(8-17(16)24)7-15-10-25-21(32-15)26-19(28)11-30-14-4-1-12(2-5-14)9-18-20(29)27-22(31)33-18/h1-6,8-10H,7,11H2,(H,25,26,28)(H,27,29,31)/b18-9-. The van der Waals surface area contributed by atoms with Crippen LogP contribution in [0.15, 0.2) is 53.6 Å². The number of amides is 2. The molecule has 2 aromatic carbocycles. The number of carbonyl (C=O) groups excluding carboxylic acids is 2. The molecule has 33 heavy (non-hydrogen) atoms. The number of thioether (sulfide) groups is 1. The quantitative estimate of drug-likeness (QED) is 0.305. The summed E-state index contributed by atoms with van der Waals surface area (Å²) in [7, 11) is 0. The fourth-order valence-electron chi connectivity index (χ4n) is 2.83. The number of aromatic nitrogens is 1. The molecule has 0 unspecified atom stereocenters. The summed E-state index contributed by atoms with van der Waals surface area (Å²) in [4.78, 5) is 29.7. The van der Waals surface area contributed by atoms with Crippen LogP contribution in [0, 0.1) is 0 Å². The summed E-state index contributed by atoms with van der Waals surface area (Å²) in [6.07, 6.45) is 4.09. The van der Waals surface area contributed by atoms with Crippen molar-refractivity contribution in [2.45, 2.75) is 6.42 Å². The monoisotopic (exact) mass is 535 g/mol. The Kier molecular flexibility index (Phi) is 7.67. The van der Waals surface area contributed by atoms with E-state index in [-0.39, 0.29) is 18.4 Å². The lowest BCUT2D eigenvalue weighted by atomic mass is 10.1. The van der Waals surface area contributed by atoms with Crippen LogP contribution in [0.25, 0.3) is 6.08 Å². The summed E-state index contributed by atoms with van der Waals surface area (Å²) < 4.78 is 5.99. The van der Waals surface area contributed by atoms with Crippen molar-refractivity contribution in [1.82, 2.24) is 10.3 Å². The molecule has 1 aliphatic rings. The van der Waals surface area contributed by atoms with E-state index in [1.54, 1.807) is 42.6 Å². The van der Waals surface area contributed by atoms with Gasteiger partial charge in [0.15, 0.2) is 11.7 Å². The Morgan fingerprint density at radius 2 is 1.97 bits per heavy atom. The lowest BCUT2D eigenvalue weighted by Crippen LogP contribution is -2.19. The van der Waals surface area contributed by atoms with Gasteiger partial charge in [-0.25, -0.2) is 4.98 Å². The average molecular weight is 536 g/mol. The molecule has 0 spiro atoms. The number of anilines is 1. The lowest BCUT2D eigenvalue weighted by Gasteiger charge is -2.06. The topological polar surface area (TPSA) is 80.3 Å². The molecule has 11 heteroatoms. The first-order valence-corrected chi connectivity index (χ1v) is 12.3. The third-order valence-electron chi connectivity index (χ3n) is 4.35. The summed E-state index contributed by atoms with van der Waals surface area (Å²) in [5, 5.41) is 6.81. The van der Waals surface area contributed by atoms with Crippen molar-refractivity contribution in [2.24, 2.45) is 0 Å². The van der Waals surface area contributed by atoms with Gasteiger partial charge in [0.2, 0.25) is 0 Å². The minimum atomic E-state index is -0.316. The largest absolute Gasteiger partial charge is 0.484 e. The van der Waals surface area contributed by atoms with Crippen LogP contribution in [0.1, 0.15) is 16.0 Å². The number of ether oxygens (including phenoxy) is 1. The number of benzene rings is 2. The summed E-state index contributed by atoms with van der Waals surface area (Å²) in [6, 6.07) is 12.5. The number of hydrogen-bond donors (Lipinski definition) is 2. The molecule has 1 aromatic heterocycles. The van der Waals surface area contributed by atoms with E-state index in [9.17, 15) is 9.59 Å². The van der Waals surface area contributed by atoms with Crippen LogP contribution in [0.5, 0.6) is 5.75 Å². The zero-order chi connectivity index (χ0) is 23.4. The highest BCUT2D eigenvalue weighted by molar-refractivity contribution is 8.26. The van der Waals surface area contributed by atoms with Crippen LogP contribution in [-0.2, 0) is 16.0 Å². The smallest absolute Gasteiger partial charge is 0.264 e. The van der Waals surface area contributed by atoms with E-state index < -0.39 is 0 Å². The molecule has 4 rings (SSSR count). The van der Waals surface area contributed by atoms with Gasteiger partial charge in [-0.05, 0) is 41.5 Å². The van der Waals surface area contributed by atoms with E-state index >= 15 is 0 Å².